The largest absolute Gasteiger partial charge is 0.398 e. The van der Waals surface area contributed by atoms with E-state index in [4.69, 9.17) is 10.5 Å². The Kier molecular flexibility index (Phi) is 3.66. The van der Waals surface area contributed by atoms with Crippen molar-refractivity contribution in [2.45, 2.75) is 13.0 Å². The molecule has 6 nitrogen and oxygen atoms in total. The van der Waals surface area contributed by atoms with Gasteiger partial charge in [-0.2, -0.15) is 0 Å². The highest BCUT2D eigenvalue weighted by molar-refractivity contribution is 5.70. The Labute approximate surface area is 99.4 Å². The Morgan fingerprint density at radius 3 is 2.94 bits per heavy atom. The van der Waals surface area contributed by atoms with Crippen LogP contribution >= 0.6 is 0 Å². The van der Waals surface area contributed by atoms with Gasteiger partial charge in [-0.1, -0.05) is 12.1 Å². The van der Waals surface area contributed by atoms with Crippen molar-refractivity contribution in [3.05, 3.63) is 24.3 Å². The van der Waals surface area contributed by atoms with Gasteiger partial charge in [0.2, 0.25) is 0 Å². The number of aromatic nitrogens is 4. The third-order valence-electron chi connectivity index (χ3n) is 2.45. The summed E-state index contributed by atoms with van der Waals surface area (Å²) in [5.41, 5.74) is 7.43. The molecule has 0 saturated carbocycles. The fourth-order valence-electron chi connectivity index (χ4n) is 1.61. The molecule has 1 heterocycles. The van der Waals surface area contributed by atoms with E-state index in [0.717, 1.165) is 12.0 Å². The molecule has 0 aliphatic rings. The molecular formula is C11H15N5O. The molecule has 1 aromatic heterocycles. The number of para-hydroxylation sites is 1. The highest BCUT2D eigenvalue weighted by Gasteiger charge is 2.10. The topological polar surface area (TPSA) is 78.8 Å². The number of aryl methyl sites for hydroxylation is 1. The number of nitrogens with zero attached hydrogens (tertiary/aromatic N) is 4. The number of hydrogen-bond acceptors (Lipinski definition) is 5. The Morgan fingerprint density at radius 2 is 2.18 bits per heavy atom. The van der Waals surface area contributed by atoms with Gasteiger partial charge < -0.3 is 10.5 Å². The second-order valence-electron chi connectivity index (χ2n) is 3.66. The minimum absolute atomic E-state index is 0.676. The van der Waals surface area contributed by atoms with E-state index in [0.29, 0.717) is 24.7 Å². The van der Waals surface area contributed by atoms with Crippen LogP contribution in [0.3, 0.4) is 0 Å². The second-order valence-corrected chi connectivity index (χ2v) is 3.66. The van der Waals surface area contributed by atoms with Crippen LogP contribution in [0.15, 0.2) is 24.3 Å². The van der Waals surface area contributed by atoms with E-state index in [-0.39, 0.29) is 0 Å². The molecule has 0 bridgehead atoms. The summed E-state index contributed by atoms with van der Waals surface area (Å²) in [7, 11) is 1.68. The van der Waals surface area contributed by atoms with Crippen molar-refractivity contribution in [3.63, 3.8) is 0 Å². The van der Waals surface area contributed by atoms with Gasteiger partial charge in [-0.3, -0.25) is 0 Å². The van der Waals surface area contributed by atoms with E-state index in [1.54, 1.807) is 11.8 Å². The van der Waals surface area contributed by atoms with Gasteiger partial charge in [0.15, 0.2) is 5.82 Å². The van der Waals surface area contributed by atoms with Crippen LogP contribution in [-0.4, -0.2) is 33.9 Å². The normalized spacial score (nSPS) is 10.6. The van der Waals surface area contributed by atoms with Gasteiger partial charge in [-0.25, -0.2) is 4.68 Å². The summed E-state index contributed by atoms with van der Waals surface area (Å²) in [4.78, 5) is 0. The lowest BCUT2D eigenvalue weighted by Gasteiger charge is -2.06. The van der Waals surface area contributed by atoms with E-state index < -0.39 is 0 Å². The Morgan fingerprint density at radius 1 is 1.35 bits per heavy atom. The predicted molar refractivity (Wildman–Crippen MR) is 64.2 cm³/mol. The molecule has 0 radical (unpaired) electrons. The zero-order chi connectivity index (χ0) is 12.1. The molecule has 90 valence electrons. The zero-order valence-corrected chi connectivity index (χ0v) is 9.71. The molecule has 0 fully saturated rings. The molecule has 1 aromatic carbocycles. The smallest absolute Gasteiger partial charge is 0.184 e. The van der Waals surface area contributed by atoms with Crippen LogP contribution in [0.1, 0.15) is 6.42 Å². The average Bonchev–Trinajstić information content (AvgIpc) is 2.78. The van der Waals surface area contributed by atoms with E-state index >= 15 is 0 Å². The van der Waals surface area contributed by atoms with Gasteiger partial charge in [-0.15, -0.1) is 5.10 Å². The first-order valence-corrected chi connectivity index (χ1v) is 5.43. The van der Waals surface area contributed by atoms with E-state index in [1.807, 2.05) is 24.3 Å². The molecule has 0 saturated heterocycles. The highest BCUT2D eigenvalue weighted by atomic mass is 16.5. The minimum atomic E-state index is 0.676. The molecule has 0 atom stereocenters. The predicted octanol–water partition coefficient (Wildman–Crippen LogP) is 0.959. The fourth-order valence-corrected chi connectivity index (χ4v) is 1.61. The Bertz CT molecular complexity index is 482. The summed E-state index contributed by atoms with van der Waals surface area (Å²) >= 11 is 0. The molecule has 2 rings (SSSR count). The number of rotatable bonds is 5. The molecule has 0 spiro atoms. The number of anilines is 1. The van der Waals surface area contributed by atoms with E-state index in [2.05, 4.69) is 15.5 Å². The van der Waals surface area contributed by atoms with Crippen molar-refractivity contribution < 1.29 is 4.74 Å². The molecule has 17 heavy (non-hydrogen) atoms. The quantitative estimate of drug-likeness (QED) is 0.614. The van der Waals surface area contributed by atoms with Crippen molar-refractivity contribution in [2.24, 2.45) is 0 Å². The SMILES string of the molecule is COCCCn1nnnc1-c1ccccc1N. The number of benzene rings is 1. The number of methoxy groups -OCH3 is 1. The van der Waals surface area contributed by atoms with Gasteiger partial charge in [0.1, 0.15) is 0 Å². The first-order chi connectivity index (χ1) is 8.33. The monoisotopic (exact) mass is 233 g/mol. The fraction of sp³-hybridized carbons (Fsp3) is 0.364. The van der Waals surface area contributed by atoms with Crippen LogP contribution in [0, 0.1) is 0 Å². The molecule has 6 heteroatoms. The number of nitrogen functional groups attached to an aromatic ring is 1. The van der Waals surface area contributed by atoms with Crippen LogP contribution in [0.4, 0.5) is 5.69 Å². The lowest BCUT2D eigenvalue weighted by Crippen LogP contribution is -2.06. The van der Waals surface area contributed by atoms with Gasteiger partial charge in [-0.05, 0) is 29.0 Å². The minimum Gasteiger partial charge on any atom is -0.398 e. The maximum absolute atomic E-state index is 5.90. The number of hydrogen-bond donors (Lipinski definition) is 1. The summed E-state index contributed by atoms with van der Waals surface area (Å²) in [5.74, 6) is 0.694. The first kappa shape index (κ1) is 11.5. The van der Waals surface area contributed by atoms with E-state index in [1.165, 1.54) is 0 Å². The van der Waals surface area contributed by atoms with Crippen LogP contribution < -0.4 is 5.73 Å². The number of nitrogens with two attached hydrogens (primary N) is 1. The molecule has 0 amide bonds. The van der Waals surface area contributed by atoms with Gasteiger partial charge in [0.05, 0.1) is 0 Å². The maximum atomic E-state index is 5.90. The molecule has 0 aliphatic heterocycles. The van der Waals surface area contributed by atoms with Crippen molar-refractivity contribution in [1.82, 2.24) is 20.2 Å². The van der Waals surface area contributed by atoms with Crippen LogP contribution in [0.5, 0.6) is 0 Å². The van der Waals surface area contributed by atoms with Gasteiger partial charge >= 0.3 is 0 Å². The number of tetrazole rings is 1. The lowest BCUT2D eigenvalue weighted by atomic mass is 10.1. The first-order valence-electron chi connectivity index (χ1n) is 5.43. The van der Waals surface area contributed by atoms with Crippen molar-refractivity contribution in [1.29, 1.82) is 0 Å². The average molecular weight is 233 g/mol. The third-order valence-corrected chi connectivity index (χ3v) is 2.45. The highest BCUT2D eigenvalue weighted by Crippen LogP contribution is 2.22. The molecular weight excluding hydrogens is 218 g/mol. The summed E-state index contributed by atoms with van der Waals surface area (Å²) in [5, 5.41) is 11.6. The summed E-state index contributed by atoms with van der Waals surface area (Å²) in [6.45, 7) is 1.40. The molecule has 2 N–H and O–H groups in total. The van der Waals surface area contributed by atoms with Gasteiger partial charge in [0.25, 0.3) is 0 Å². The molecule has 0 aliphatic carbocycles. The standard InChI is InChI=1S/C11H15N5O/c1-17-8-4-7-16-11(13-14-15-16)9-5-2-3-6-10(9)12/h2-3,5-6H,4,7-8,12H2,1H3. The second kappa shape index (κ2) is 5.40. The van der Waals surface area contributed by atoms with Crippen LogP contribution in [0.25, 0.3) is 11.4 Å². The summed E-state index contributed by atoms with van der Waals surface area (Å²) < 4.78 is 6.74. The molecule has 0 unspecified atom stereocenters. The molecule has 2 aromatic rings. The van der Waals surface area contributed by atoms with Crippen LogP contribution in [0.2, 0.25) is 0 Å². The van der Waals surface area contributed by atoms with Crippen LogP contribution in [-0.2, 0) is 11.3 Å². The summed E-state index contributed by atoms with van der Waals surface area (Å²) in [6, 6.07) is 7.55. The maximum Gasteiger partial charge on any atom is 0.184 e. The number of ether oxygens (including phenoxy) is 1. The Hall–Kier alpha value is -1.95. The van der Waals surface area contributed by atoms with E-state index in [9.17, 15) is 0 Å². The lowest BCUT2D eigenvalue weighted by molar-refractivity contribution is 0.189. The summed E-state index contributed by atoms with van der Waals surface area (Å²) in [6.07, 6.45) is 0.862. The van der Waals surface area contributed by atoms with Crippen molar-refractivity contribution in [2.75, 3.05) is 19.5 Å². The van der Waals surface area contributed by atoms with Crippen molar-refractivity contribution >= 4 is 5.69 Å². The Balaban J connectivity index is 2.22. The third kappa shape index (κ3) is 2.59. The van der Waals surface area contributed by atoms with Crippen molar-refractivity contribution in [3.8, 4) is 11.4 Å². The van der Waals surface area contributed by atoms with Gasteiger partial charge in [0, 0.05) is 31.5 Å². The zero-order valence-electron chi connectivity index (χ0n) is 9.71.